The van der Waals surface area contributed by atoms with Crippen molar-refractivity contribution in [2.45, 2.75) is 12.5 Å². The molecule has 0 saturated heterocycles. The summed E-state index contributed by atoms with van der Waals surface area (Å²) in [6.45, 7) is -0.158. The van der Waals surface area contributed by atoms with Gasteiger partial charge in [-0.3, -0.25) is 4.79 Å². The van der Waals surface area contributed by atoms with Gasteiger partial charge in [-0.25, -0.2) is 4.98 Å². The van der Waals surface area contributed by atoms with Gasteiger partial charge in [-0.15, -0.1) is 0 Å². The number of imidazole rings is 1. The normalized spacial score (nSPS) is 11.7. The third kappa shape index (κ3) is 4.80. The maximum Gasteiger partial charge on any atom is 0.258 e. The van der Waals surface area contributed by atoms with E-state index in [0.717, 1.165) is 29.0 Å². The fraction of sp³-hybridized carbons (Fsp3) is 0.250. The van der Waals surface area contributed by atoms with Crippen LogP contribution in [0.5, 0.6) is 5.75 Å². The Morgan fingerprint density at radius 3 is 2.85 bits per heavy atom. The average Bonchev–Trinajstić information content (AvgIpc) is 3.13. The lowest BCUT2D eigenvalue weighted by Crippen LogP contribution is -2.33. The number of fused-ring (bicyclic) bond motifs is 1. The minimum absolute atomic E-state index is 0.158. The van der Waals surface area contributed by atoms with Crippen molar-refractivity contribution in [2.75, 3.05) is 18.6 Å². The molecule has 6 nitrogen and oxygen atoms in total. The van der Waals surface area contributed by atoms with Gasteiger partial charge in [0.15, 0.2) is 6.61 Å². The summed E-state index contributed by atoms with van der Waals surface area (Å²) in [5.41, 5.74) is 2.21. The summed E-state index contributed by atoms with van der Waals surface area (Å²) >= 11 is 1.71. The maximum atomic E-state index is 12.4. The monoisotopic (exact) mass is 380 g/mol. The Bertz CT molecular complexity index is 931. The second-order valence-corrected chi connectivity index (χ2v) is 6.92. The van der Waals surface area contributed by atoms with Crippen molar-refractivity contribution < 1.29 is 9.53 Å². The molecule has 27 heavy (non-hydrogen) atoms. The molecule has 0 aliphatic heterocycles. The van der Waals surface area contributed by atoms with Crippen molar-refractivity contribution >= 4 is 28.7 Å². The van der Waals surface area contributed by atoms with E-state index in [4.69, 9.17) is 10.00 Å². The molecule has 2 aromatic carbocycles. The Labute approximate surface area is 161 Å². The zero-order chi connectivity index (χ0) is 19.1. The zero-order valence-corrected chi connectivity index (χ0v) is 15.8. The summed E-state index contributed by atoms with van der Waals surface area (Å²) in [6, 6.07) is 16.5. The molecule has 0 bridgehead atoms. The first-order chi connectivity index (χ1) is 13.2. The fourth-order valence-corrected chi connectivity index (χ4v) is 3.19. The van der Waals surface area contributed by atoms with Gasteiger partial charge in [0, 0.05) is 0 Å². The molecular formula is C20H20N4O2S. The summed E-state index contributed by atoms with van der Waals surface area (Å²) < 4.78 is 5.52. The number of benzene rings is 2. The smallest absolute Gasteiger partial charge is 0.258 e. The lowest BCUT2D eigenvalue weighted by atomic mass is 10.2. The Morgan fingerprint density at radius 2 is 2.07 bits per heavy atom. The first-order valence-electron chi connectivity index (χ1n) is 8.56. The third-order valence-electron chi connectivity index (χ3n) is 4.05. The second-order valence-electron chi connectivity index (χ2n) is 5.94. The second kappa shape index (κ2) is 9.10. The van der Waals surface area contributed by atoms with Crippen LogP contribution in [0.25, 0.3) is 11.0 Å². The number of thioether (sulfide) groups is 1. The molecule has 138 valence electrons. The largest absolute Gasteiger partial charge is 0.482 e. The highest BCUT2D eigenvalue weighted by Gasteiger charge is 2.18. The Hall–Kier alpha value is -2.98. The average molecular weight is 380 g/mol. The van der Waals surface area contributed by atoms with Crippen molar-refractivity contribution in [3.05, 3.63) is 59.9 Å². The lowest BCUT2D eigenvalue weighted by molar-refractivity contribution is -0.123. The van der Waals surface area contributed by atoms with Crippen LogP contribution in [0.15, 0.2) is 48.5 Å². The molecule has 0 fully saturated rings. The number of nitrogens with one attached hydrogen (secondary N) is 2. The van der Waals surface area contributed by atoms with Crippen LogP contribution in [0, 0.1) is 11.3 Å². The topological polar surface area (TPSA) is 90.8 Å². The van der Waals surface area contributed by atoms with Crippen LogP contribution >= 0.6 is 11.8 Å². The SMILES string of the molecule is CSCC[C@@H](NC(=O)COc1ccccc1C#N)c1nc2ccccc2[nH]1. The molecule has 1 heterocycles. The molecular weight excluding hydrogens is 360 g/mol. The fourth-order valence-electron chi connectivity index (χ4n) is 2.71. The quantitative estimate of drug-likeness (QED) is 0.625. The van der Waals surface area contributed by atoms with Gasteiger partial charge in [0.1, 0.15) is 17.6 Å². The van der Waals surface area contributed by atoms with Gasteiger partial charge in [0.05, 0.1) is 22.6 Å². The molecule has 7 heteroatoms. The van der Waals surface area contributed by atoms with Crippen LogP contribution in [0.4, 0.5) is 0 Å². The molecule has 3 aromatic rings. The molecule has 3 rings (SSSR count). The van der Waals surface area contributed by atoms with Crippen LogP contribution in [0.2, 0.25) is 0 Å². The van der Waals surface area contributed by atoms with Gasteiger partial charge in [0.2, 0.25) is 0 Å². The van der Waals surface area contributed by atoms with Crippen molar-refractivity contribution in [3.63, 3.8) is 0 Å². The highest BCUT2D eigenvalue weighted by molar-refractivity contribution is 7.98. The standard InChI is InChI=1S/C20H20N4O2S/c1-27-11-10-17(20-23-15-7-3-4-8-16(15)24-20)22-19(25)13-26-18-9-5-2-6-14(18)12-21/h2-9,17H,10-11,13H2,1H3,(H,22,25)(H,23,24)/t17-/m1/s1. The number of hydrogen-bond donors (Lipinski definition) is 2. The first-order valence-corrected chi connectivity index (χ1v) is 9.95. The number of carbonyl (C=O) groups is 1. The van der Waals surface area contributed by atoms with Gasteiger partial charge < -0.3 is 15.0 Å². The first kappa shape index (κ1) is 18.8. The number of amides is 1. The van der Waals surface area contributed by atoms with E-state index in [1.807, 2.05) is 30.5 Å². The zero-order valence-electron chi connectivity index (χ0n) is 14.9. The Balaban J connectivity index is 1.68. The van der Waals surface area contributed by atoms with E-state index in [-0.39, 0.29) is 18.6 Å². The number of para-hydroxylation sites is 3. The van der Waals surface area contributed by atoms with Gasteiger partial charge in [-0.05, 0) is 42.7 Å². The van der Waals surface area contributed by atoms with Gasteiger partial charge in [0.25, 0.3) is 5.91 Å². The number of H-pyrrole nitrogens is 1. The van der Waals surface area contributed by atoms with Crippen molar-refractivity contribution in [1.29, 1.82) is 5.26 Å². The van der Waals surface area contributed by atoms with Crippen LogP contribution < -0.4 is 10.1 Å². The molecule has 0 aliphatic rings. The number of aromatic nitrogens is 2. The molecule has 0 aliphatic carbocycles. The van der Waals surface area contributed by atoms with Gasteiger partial charge >= 0.3 is 0 Å². The highest BCUT2D eigenvalue weighted by Crippen LogP contribution is 2.20. The number of hydrogen-bond acceptors (Lipinski definition) is 5. The summed E-state index contributed by atoms with van der Waals surface area (Å²) in [4.78, 5) is 20.3. The predicted molar refractivity (Wildman–Crippen MR) is 107 cm³/mol. The number of nitrogens with zero attached hydrogens (tertiary/aromatic N) is 2. The van der Waals surface area contributed by atoms with E-state index in [0.29, 0.717) is 11.3 Å². The third-order valence-corrected chi connectivity index (χ3v) is 4.69. The minimum atomic E-state index is -0.255. The van der Waals surface area contributed by atoms with E-state index in [1.165, 1.54) is 0 Å². The van der Waals surface area contributed by atoms with E-state index in [9.17, 15) is 4.79 Å². The van der Waals surface area contributed by atoms with Crippen molar-refractivity contribution in [3.8, 4) is 11.8 Å². The molecule has 0 radical (unpaired) electrons. The molecule has 0 spiro atoms. The van der Waals surface area contributed by atoms with E-state index in [2.05, 4.69) is 21.4 Å². The van der Waals surface area contributed by atoms with Crippen molar-refractivity contribution in [1.82, 2.24) is 15.3 Å². The summed E-state index contributed by atoms with van der Waals surface area (Å²) in [5, 5.41) is 12.1. The number of carbonyl (C=O) groups excluding carboxylic acids is 1. The van der Waals surface area contributed by atoms with Gasteiger partial charge in [-0.1, -0.05) is 24.3 Å². The molecule has 1 amide bonds. The lowest BCUT2D eigenvalue weighted by Gasteiger charge is -2.16. The van der Waals surface area contributed by atoms with E-state index >= 15 is 0 Å². The number of rotatable bonds is 8. The molecule has 0 saturated carbocycles. The van der Waals surface area contributed by atoms with Crippen LogP contribution in [0.1, 0.15) is 23.9 Å². The van der Waals surface area contributed by atoms with E-state index in [1.54, 1.807) is 36.0 Å². The summed E-state index contributed by atoms with van der Waals surface area (Å²) in [6.07, 6.45) is 2.78. The van der Waals surface area contributed by atoms with Gasteiger partial charge in [-0.2, -0.15) is 17.0 Å². The van der Waals surface area contributed by atoms with Crippen molar-refractivity contribution in [2.24, 2.45) is 0 Å². The molecule has 1 atom stereocenters. The van der Waals surface area contributed by atoms with E-state index < -0.39 is 0 Å². The molecule has 0 unspecified atom stereocenters. The predicted octanol–water partition coefficient (Wildman–Crippen LogP) is 3.42. The Kier molecular flexibility index (Phi) is 6.34. The highest BCUT2D eigenvalue weighted by atomic mass is 32.2. The summed E-state index contributed by atoms with van der Waals surface area (Å²) in [5.74, 6) is 1.77. The maximum absolute atomic E-state index is 12.4. The van der Waals surface area contributed by atoms with Crippen LogP contribution in [0.3, 0.4) is 0 Å². The van der Waals surface area contributed by atoms with Crippen LogP contribution in [-0.4, -0.2) is 34.5 Å². The number of nitriles is 1. The minimum Gasteiger partial charge on any atom is -0.482 e. The number of aromatic amines is 1. The summed E-state index contributed by atoms with van der Waals surface area (Å²) in [7, 11) is 0. The number of ether oxygens (including phenoxy) is 1. The molecule has 2 N–H and O–H groups in total. The Morgan fingerprint density at radius 1 is 1.30 bits per heavy atom. The van der Waals surface area contributed by atoms with Crippen LogP contribution in [-0.2, 0) is 4.79 Å². The molecule has 1 aromatic heterocycles.